The van der Waals surface area contributed by atoms with Gasteiger partial charge in [0.15, 0.2) is 0 Å². The second kappa shape index (κ2) is 5.76. The molecule has 0 aliphatic heterocycles. The Bertz CT molecular complexity index is 685. The highest BCUT2D eigenvalue weighted by Crippen LogP contribution is 2.58. The van der Waals surface area contributed by atoms with Gasteiger partial charge in [0.05, 0.1) is 5.56 Å². The van der Waals surface area contributed by atoms with Gasteiger partial charge in [-0.05, 0) is 90.6 Å². The first kappa shape index (κ1) is 15.4. The lowest BCUT2D eigenvalue weighted by molar-refractivity contribution is 0.0518. The molecule has 0 radical (unpaired) electrons. The van der Waals surface area contributed by atoms with E-state index in [1.807, 2.05) is 0 Å². The molecule has 0 unspecified atom stereocenters. The van der Waals surface area contributed by atoms with Gasteiger partial charge in [0.1, 0.15) is 10.7 Å². The molecule has 0 aromatic carbocycles. The van der Waals surface area contributed by atoms with E-state index in [4.69, 9.17) is 4.42 Å². The Hall–Kier alpha value is -1.10. The number of halogens is 1. The van der Waals surface area contributed by atoms with E-state index in [-0.39, 0.29) is 16.4 Å². The Balaban J connectivity index is 1.49. The summed E-state index contributed by atoms with van der Waals surface area (Å²) in [6.07, 6.45) is 8.08. The quantitative estimate of drug-likeness (QED) is 0.872. The molecule has 3 bridgehead atoms. The molecule has 6 atom stereocenters. The summed E-state index contributed by atoms with van der Waals surface area (Å²) in [5, 5.41) is 3.16. The SMILES string of the molecule is C[C@H](NC(=O)c1coc(=O)c(Br)c1)[C@H]1[C@H]2CC[C@H]3C[C@@H](C2)C[C@H]31. The summed E-state index contributed by atoms with van der Waals surface area (Å²) in [5.41, 5.74) is -0.0650. The van der Waals surface area contributed by atoms with Crippen LogP contribution in [0.25, 0.3) is 0 Å². The first-order chi connectivity index (χ1) is 11.0. The van der Waals surface area contributed by atoms with E-state index in [1.165, 1.54) is 44.4 Å². The maximum Gasteiger partial charge on any atom is 0.350 e. The molecule has 124 valence electrons. The summed E-state index contributed by atoms with van der Waals surface area (Å²) >= 11 is 3.12. The van der Waals surface area contributed by atoms with Gasteiger partial charge in [-0.25, -0.2) is 4.79 Å². The van der Waals surface area contributed by atoms with Crippen molar-refractivity contribution in [2.45, 2.75) is 45.1 Å². The maximum absolute atomic E-state index is 12.5. The third-order valence-corrected chi connectivity index (χ3v) is 6.95. The highest BCUT2D eigenvalue weighted by atomic mass is 79.9. The minimum Gasteiger partial charge on any atom is -0.430 e. The van der Waals surface area contributed by atoms with E-state index in [0.717, 1.165) is 23.7 Å². The Labute approximate surface area is 144 Å². The highest BCUT2D eigenvalue weighted by Gasteiger charge is 2.51. The molecule has 3 aliphatic rings. The van der Waals surface area contributed by atoms with Crippen molar-refractivity contribution in [3.63, 3.8) is 0 Å². The molecule has 4 rings (SSSR count). The zero-order valence-electron chi connectivity index (χ0n) is 13.3. The number of fused-ring (bicyclic) bond motifs is 2. The number of hydrogen-bond donors (Lipinski definition) is 1. The van der Waals surface area contributed by atoms with Gasteiger partial charge in [0, 0.05) is 6.04 Å². The average molecular weight is 380 g/mol. The summed E-state index contributed by atoms with van der Waals surface area (Å²) in [6.45, 7) is 2.14. The Morgan fingerprint density at radius 2 is 2.04 bits per heavy atom. The summed E-state index contributed by atoms with van der Waals surface area (Å²) in [5.74, 6) is 3.84. The zero-order chi connectivity index (χ0) is 16.1. The van der Waals surface area contributed by atoms with Crippen molar-refractivity contribution in [2.75, 3.05) is 0 Å². The second-order valence-corrected chi connectivity index (χ2v) is 8.50. The van der Waals surface area contributed by atoms with Crippen LogP contribution in [0.5, 0.6) is 0 Å². The lowest BCUT2D eigenvalue weighted by Crippen LogP contribution is -2.48. The van der Waals surface area contributed by atoms with Crippen LogP contribution in [0, 0.1) is 29.6 Å². The molecule has 23 heavy (non-hydrogen) atoms. The maximum atomic E-state index is 12.5. The van der Waals surface area contributed by atoms with Crippen molar-refractivity contribution in [1.82, 2.24) is 5.32 Å². The molecule has 1 aromatic rings. The van der Waals surface area contributed by atoms with Crippen LogP contribution < -0.4 is 10.9 Å². The van der Waals surface area contributed by atoms with Gasteiger partial charge in [-0.3, -0.25) is 4.79 Å². The molecule has 1 N–H and O–H groups in total. The van der Waals surface area contributed by atoms with Gasteiger partial charge in [0.2, 0.25) is 0 Å². The van der Waals surface area contributed by atoms with Crippen LogP contribution in [0.4, 0.5) is 0 Å². The lowest BCUT2D eigenvalue weighted by Gasteiger charge is -2.45. The molecule has 0 saturated heterocycles. The molecule has 1 aromatic heterocycles. The molecule has 3 aliphatic carbocycles. The molecular formula is C18H22BrNO3. The molecule has 3 saturated carbocycles. The van der Waals surface area contributed by atoms with Gasteiger partial charge in [-0.1, -0.05) is 0 Å². The van der Waals surface area contributed by atoms with Crippen molar-refractivity contribution in [3.05, 3.63) is 32.8 Å². The van der Waals surface area contributed by atoms with Gasteiger partial charge < -0.3 is 9.73 Å². The molecule has 5 heteroatoms. The van der Waals surface area contributed by atoms with Crippen LogP contribution in [0.2, 0.25) is 0 Å². The molecule has 1 amide bonds. The predicted octanol–water partition coefficient (Wildman–Crippen LogP) is 3.59. The number of rotatable bonds is 3. The summed E-state index contributed by atoms with van der Waals surface area (Å²) in [7, 11) is 0. The molecular weight excluding hydrogens is 358 g/mol. The highest BCUT2D eigenvalue weighted by molar-refractivity contribution is 9.10. The Morgan fingerprint density at radius 3 is 2.83 bits per heavy atom. The smallest absolute Gasteiger partial charge is 0.350 e. The van der Waals surface area contributed by atoms with Gasteiger partial charge in [0.25, 0.3) is 5.91 Å². The van der Waals surface area contributed by atoms with E-state index >= 15 is 0 Å². The summed E-state index contributed by atoms with van der Waals surface area (Å²) < 4.78 is 5.16. The van der Waals surface area contributed by atoms with Crippen molar-refractivity contribution in [1.29, 1.82) is 0 Å². The van der Waals surface area contributed by atoms with Crippen molar-refractivity contribution in [2.24, 2.45) is 29.6 Å². The number of carbonyl (C=O) groups is 1. The van der Waals surface area contributed by atoms with E-state index < -0.39 is 5.63 Å². The van der Waals surface area contributed by atoms with Crippen molar-refractivity contribution >= 4 is 21.8 Å². The topological polar surface area (TPSA) is 59.3 Å². The van der Waals surface area contributed by atoms with Gasteiger partial charge >= 0.3 is 5.63 Å². The first-order valence-electron chi connectivity index (χ1n) is 8.62. The lowest BCUT2D eigenvalue weighted by atomic mass is 9.62. The zero-order valence-corrected chi connectivity index (χ0v) is 14.8. The standard InChI is InChI=1S/C18H22BrNO3/c1-9(20-17(21)13-7-15(19)18(22)23-8-13)16-12-3-2-11-4-10(5-12)6-14(11)16/h7-12,14,16H,2-6H2,1H3,(H,20,21)/t9-,10-,11-,12-,14+,16-/m0/s1. The normalized spacial score (nSPS) is 36.0. The molecule has 1 heterocycles. The molecule has 0 spiro atoms. The fraction of sp³-hybridized carbons (Fsp3) is 0.667. The minimum atomic E-state index is -0.462. The Morgan fingerprint density at radius 1 is 1.30 bits per heavy atom. The van der Waals surface area contributed by atoms with Crippen LogP contribution >= 0.6 is 15.9 Å². The van der Waals surface area contributed by atoms with E-state index in [0.29, 0.717) is 11.5 Å². The summed E-state index contributed by atoms with van der Waals surface area (Å²) in [4.78, 5) is 23.8. The van der Waals surface area contributed by atoms with Crippen LogP contribution in [-0.4, -0.2) is 11.9 Å². The number of hydrogen-bond acceptors (Lipinski definition) is 3. The number of carbonyl (C=O) groups excluding carboxylic acids is 1. The third kappa shape index (κ3) is 2.67. The third-order valence-electron chi connectivity index (χ3n) is 6.40. The Kier molecular flexibility index (Phi) is 3.87. The van der Waals surface area contributed by atoms with E-state index in [1.54, 1.807) is 0 Å². The summed E-state index contributed by atoms with van der Waals surface area (Å²) in [6, 6.07) is 1.71. The monoisotopic (exact) mass is 379 g/mol. The largest absolute Gasteiger partial charge is 0.430 e. The fourth-order valence-electron chi connectivity index (χ4n) is 5.63. The minimum absolute atomic E-state index is 0.155. The van der Waals surface area contributed by atoms with Crippen molar-refractivity contribution in [3.8, 4) is 0 Å². The van der Waals surface area contributed by atoms with E-state index in [9.17, 15) is 9.59 Å². The van der Waals surface area contributed by atoms with Crippen molar-refractivity contribution < 1.29 is 9.21 Å². The van der Waals surface area contributed by atoms with Gasteiger partial charge in [-0.2, -0.15) is 0 Å². The van der Waals surface area contributed by atoms with Crippen LogP contribution in [0.15, 0.2) is 26.0 Å². The van der Waals surface area contributed by atoms with Crippen LogP contribution in [0.3, 0.4) is 0 Å². The fourth-order valence-corrected chi connectivity index (χ4v) is 5.97. The van der Waals surface area contributed by atoms with Gasteiger partial charge in [-0.15, -0.1) is 0 Å². The second-order valence-electron chi connectivity index (χ2n) is 7.64. The molecule has 4 nitrogen and oxygen atoms in total. The van der Waals surface area contributed by atoms with Crippen LogP contribution in [0.1, 0.15) is 49.4 Å². The molecule has 3 fully saturated rings. The average Bonchev–Trinajstić information content (AvgIpc) is 2.72. The van der Waals surface area contributed by atoms with Crippen LogP contribution in [-0.2, 0) is 0 Å². The number of nitrogens with one attached hydrogen (secondary N) is 1. The van der Waals surface area contributed by atoms with E-state index in [2.05, 4.69) is 28.2 Å². The predicted molar refractivity (Wildman–Crippen MR) is 90.1 cm³/mol. The first-order valence-corrected chi connectivity index (χ1v) is 9.41. The number of amides is 1.